The topological polar surface area (TPSA) is 43.6 Å². The van der Waals surface area contributed by atoms with Crippen LogP contribution in [0.4, 0.5) is 0 Å². The fourth-order valence-corrected chi connectivity index (χ4v) is 3.24. The van der Waals surface area contributed by atoms with E-state index in [0.29, 0.717) is 0 Å². The molecule has 0 N–H and O–H groups in total. The molecule has 2 rings (SSSR count). The molecular weight excluding hydrogens is 256 g/mol. The molecule has 2 heterocycles. The van der Waals surface area contributed by atoms with Crippen molar-refractivity contribution >= 4 is 21.1 Å². The summed E-state index contributed by atoms with van der Waals surface area (Å²) in [5.74, 6) is 2.15. The number of hydrogen-bond acceptors (Lipinski definition) is 3. The molecule has 0 bridgehead atoms. The lowest BCUT2D eigenvalue weighted by atomic mass is 10.3. The van der Waals surface area contributed by atoms with Gasteiger partial charge in [-0.2, -0.15) is 5.10 Å². The molecule has 0 radical (unpaired) electrons. The third-order valence-electron chi connectivity index (χ3n) is 3.16. The van der Waals surface area contributed by atoms with E-state index in [1.54, 1.807) is 0 Å². The number of rotatable bonds is 5. The van der Waals surface area contributed by atoms with Crippen molar-refractivity contribution in [2.75, 3.05) is 24.5 Å². The standard InChI is InChI=1S/C14H24N4S/c1-11-14-13(10-15-12(2)16-14)18(17-11)8-6-7-9-19(3,4)5/h10H,6-9H2,1-5H3. The molecule has 0 saturated heterocycles. The highest BCUT2D eigenvalue weighted by atomic mass is 32.3. The second kappa shape index (κ2) is 5.49. The zero-order valence-corrected chi connectivity index (χ0v) is 13.4. The van der Waals surface area contributed by atoms with E-state index in [1.165, 1.54) is 18.6 Å². The van der Waals surface area contributed by atoms with Gasteiger partial charge in [0.15, 0.2) is 0 Å². The highest BCUT2D eigenvalue weighted by Crippen LogP contribution is 2.35. The van der Waals surface area contributed by atoms with Crippen LogP contribution in [0.5, 0.6) is 0 Å². The van der Waals surface area contributed by atoms with Crippen molar-refractivity contribution in [3.8, 4) is 0 Å². The predicted molar refractivity (Wildman–Crippen MR) is 84.3 cm³/mol. The van der Waals surface area contributed by atoms with Crippen LogP contribution in [0, 0.1) is 13.8 Å². The van der Waals surface area contributed by atoms with E-state index in [1.807, 2.05) is 20.0 Å². The van der Waals surface area contributed by atoms with Crippen LogP contribution in [0.1, 0.15) is 24.4 Å². The molecule has 0 unspecified atom stereocenters. The van der Waals surface area contributed by atoms with Gasteiger partial charge in [-0.3, -0.25) is 4.68 Å². The number of unbranched alkanes of at least 4 members (excludes halogenated alkanes) is 1. The predicted octanol–water partition coefficient (Wildman–Crippen LogP) is 2.92. The van der Waals surface area contributed by atoms with Crippen LogP contribution in [0.3, 0.4) is 0 Å². The third-order valence-corrected chi connectivity index (χ3v) is 4.67. The van der Waals surface area contributed by atoms with Gasteiger partial charge in [0, 0.05) is 6.54 Å². The molecule has 0 spiro atoms. The summed E-state index contributed by atoms with van der Waals surface area (Å²) in [6.07, 6.45) is 11.5. The molecular formula is C14H24N4S. The van der Waals surface area contributed by atoms with Gasteiger partial charge in [0.2, 0.25) is 0 Å². The molecule has 5 heteroatoms. The summed E-state index contributed by atoms with van der Waals surface area (Å²) >= 11 is 0. The molecule has 2 aromatic heterocycles. The Morgan fingerprint density at radius 3 is 2.58 bits per heavy atom. The van der Waals surface area contributed by atoms with Crippen molar-refractivity contribution in [3.05, 3.63) is 17.7 Å². The third kappa shape index (κ3) is 3.69. The summed E-state index contributed by atoms with van der Waals surface area (Å²) in [6.45, 7) is 4.90. The van der Waals surface area contributed by atoms with E-state index in [-0.39, 0.29) is 10.0 Å². The number of hydrogen-bond donors (Lipinski definition) is 0. The summed E-state index contributed by atoms with van der Waals surface area (Å²) < 4.78 is 2.06. The molecule has 0 aliphatic rings. The normalized spacial score (nSPS) is 13.1. The molecule has 0 atom stereocenters. The smallest absolute Gasteiger partial charge is 0.126 e. The van der Waals surface area contributed by atoms with Gasteiger partial charge in [0.1, 0.15) is 16.9 Å². The second-order valence-corrected chi connectivity index (χ2v) is 10.6. The Morgan fingerprint density at radius 2 is 1.89 bits per heavy atom. The molecule has 0 saturated carbocycles. The number of aromatic nitrogens is 4. The van der Waals surface area contributed by atoms with Crippen molar-refractivity contribution in [2.45, 2.75) is 33.2 Å². The molecule has 2 aromatic rings. The molecule has 19 heavy (non-hydrogen) atoms. The maximum atomic E-state index is 4.59. The van der Waals surface area contributed by atoms with Gasteiger partial charge >= 0.3 is 0 Å². The molecule has 0 aliphatic heterocycles. The van der Waals surface area contributed by atoms with Gasteiger partial charge in [0.25, 0.3) is 0 Å². The molecule has 0 fully saturated rings. The van der Waals surface area contributed by atoms with Crippen LogP contribution < -0.4 is 0 Å². The van der Waals surface area contributed by atoms with E-state index >= 15 is 0 Å². The minimum absolute atomic E-state index is 0.376. The average Bonchev–Trinajstić information content (AvgIpc) is 2.60. The van der Waals surface area contributed by atoms with Crippen molar-refractivity contribution in [1.82, 2.24) is 19.7 Å². The van der Waals surface area contributed by atoms with Crippen molar-refractivity contribution in [3.63, 3.8) is 0 Å². The summed E-state index contributed by atoms with van der Waals surface area (Å²) in [5, 5.41) is 4.59. The molecule has 0 aromatic carbocycles. The van der Waals surface area contributed by atoms with Gasteiger partial charge in [-0.05, 0) is 51.2 Å². The fourth-order valence-electron chi connectivity index (χ4n) is 2.17. The summed E-state index contributed by atoms with van der Waals surface area (Å²) in [4.78, 5) is 8.75. The zero-order chi connectivity index (χ0) is 14.0. The number of nitrogens with zero attached hydrogens (tertiary/aromatic N) is 4. The van der Waals surface area contributed by atoms with Gasteiger partial charge in [-0.1, -0.05) is 0 Å². The van der Waals surface area contributed by atoms with Crippen molar-refractivity contribution in [2.24, 2.45) is 0 Å². The van der Waals surface area contributed by atoms with E-state index < -0.39 is 0 Å². The first kappa shape index (κ1) is 14.3. The molecule has 0 aliphatic carbocycles. The van der Waals surface area contributed by atoms with Crippen LogP contribution in [0.15, 0.2) is 6.20 Å². The Bertz CT molecular complexity index is 569. The van der Waals surface area contributed by atoms with E-state index in [4.69, 9.17) is 0 Å². The Hall–Kier alpha value is -1.10. The Morgan fingerprint density at radius 1 is 1.16 bits per heavy atom. The minimum Gasteiger partial charge on any atom is -0.261 e. The van der Waals surface area contributed by atoms with E-state index in [2.05, 4.69) is 38.5 Å². The van der Waals surface area contributed by atoms with E-state index in [0.717, 1.165) is 29.1 Å². The van der Waals surface area contributed by atoms with Gasteiger partial charge < -0.3 is 0 Å². The lowest BCUT2D eigenvalue weighted by molar-refractivity contribution is 0.585. The maximum Gasteiger partial charge on any atom is 0.126 e. The first-order valence-electron chi connectivity index (χ1n) is 6.69. The lowest BCUT2D eigenvalue weighted by Gasteiger charge is -2.24. The highest BCUT2D eigenvalue weighted by molar-refractivity contribution is 8.32. The van der Waals surface area contributed by atoms with Gasteiger partial charge in [-0.15, -0.1) is 0 Å². The largest absolute Gasteiger partial charge is 0.261 e. The van der Waals surface area contributed by atoms with Gasteiger partial charge in [-0.25, -0.2) is 20.0 Å². The Kier molecular flexibility index (Phi) is 4.13. The van der Waals surface area contributed by atoms with Crippen LogP contribution >= 0.6 is 10.0 Å². The lowest BCUT2D eigenvalue weighted by Crippen LogP contribution is -2.04. The summed E-state index contributed by atoms with van der Waals surface area (Å²) in [5.41, 5.74) is 3.06. The minimum atomic E-state index is -0.376. The van der Waals surface area contributed by atoms with Crippen molar-refractivity contribution < 1.29 is 0 Å². The summed E-state index contributed by atoms with van der Waals surface area (Å²) in [7, 11) is -0.376. The zero-order valence-electron chi connectivity index (χ0n) is 12.6. The monoisotopic (exact) mass is 280 g/mol. The van der Waals surface area contributed by atoms with Crippen LogP contribution in [0.25, 0.3) is 11.0 Å². The number of fused-ring (bicyclic) bond motifs is 1. The van der Waals surface area contributed by atoms with Crippen LogP contribution in [0.2, 0.25) is 0 Å². The first-order valence-corrected chi connectivity index (χ1v) is 9.72. The quantitative estimate of drug-likeness (QED) is 0.791. The fraction of sp³-hybridized carbons (Fsp3) is 0.643. The highest BCUT2D eigenvalue weighted by Gasteiger charge is 2.09. The molecule has 4 nitrogen and oxygen atoms in total. The van der Waals surface area contributed by atoms with Crippen molar-refractivity contribution in [1.29, 1.82) is 0 Å². The average molecular weight is 280 g/mol. The summed E-state index contributed by atoms with van der Waals surface area (Å²) in [6, 6.07) is 0. The Labute approximate surface area is 117 Å². The molecule has 106 valence electrons. The second-order valence-electron chi connectivity index (χ2n) is 5.96. The van der Waals surface area contributed by atoms with Crippen LogP contribution in [-0.4, -0.2) is 44.3 Å². The SMILES string of the molecule is Cc1ncc2c(n1)c(C)nn2CCCCS(C)(C)C. The first-order chi connectivity index (χ1) is 8.87. The van der Waals surface area contributed by atoms with E-state index in [9.17, 15) is 0 Å². The van der Waals surface area contributed by atoms with Crippen LogP contribution in [-0.2, 0) is 6.54 Å². The Balaban J connectivity index is 2.05. The maximum absolute atomic E-state index is 4.59. The van der Waals surface area contributed by atoms with Gasteiger partial charge in [0.05, 0.1) is 11.9 Å². The molecule has 0 amide bonds. The number of aryl methyl sites for hydroxylation is 3.